The van der Waals surface area contributed by atoms with Crippen LogP contribution in [0, 0.1) is 0 Å². The Balaban J connectivity index is 3.39. The Kier molecular flexibility index (Phi) is 4.32. The molecule has 10 heavy (non-hydrogen) atoms. The molecule has 0 atom stereocenters. The molecule has 0 rings (SSSR count). The Hall–Kier alpha value is 0.270. The second-order valence-electron chi connectivity index (χ2n) is 2.03. The third kappa shape index (κ3) is 8.27. The Morgan fingerprint density at radius 2 is 2.20 bits per heavy atom. The first-order valence-electron chi connectivity index (χ1n) is 2.76. The molecular formula is C5H11O3PS. The molecule has 0 heterocycles. The van der Waals surface area contributed by atoms with Gasteiger partial charge >= 0.3 is 6.72 Å². The zero-order valence-corrected chi connectivity index (χ0v) is 7.49. The molecule has 0 aliphatic heterocycles. The molecule has 0 unspecified atom stereocenters. The molecule has 5 heteroatoms. The maximum atomic E-state index is 8.56. The molecule has 0 aromatic carbocycles. The highest BCUT2D eigenvalue weighted by Gasteiger charge is 2.05. The van der Waals surface area contributed by atoms with Crippen LogP contribution in [-0.4, -0.2) is 16.4 Å². The molecule has 0 amide bonds. The van der Waals surface area contributed by atoms with Gasteiger partial charge < -0.3 is 14.3 Å². The van der Waals surface area contributed by atoms with Gasteiger partial charge in [0.05, 0.1) is 6.61 Å². The lowest BCUT2D eigenvalue weighted by Crippen LogP contribution is -1.91. The fourth-order valence-electron chi connectivity index (χ4n) is 0.339. The molecular weight excluding hydrogens is 171 g/mol. The van der Waals surface area contributed by atoms with Crippen LogP contribution in [0.4, 0.5) is 0 Å². The van der Waals surface area contributed by atoms with Crippen molar-refractivity contribution in [1.29, 1.82) is 0 Å². The molecule has 0 aliphatic carbocycles. The van der Waals surface area contributed by atoms with Crippen molar-refractivity contribution in [3.05, 3.63) is 12.2 Å². The third-order valence-corrected chi connectivity index (χ3v) is 1.62. The zero-order valence-electron chi connectivity index (χ0n) is 5.78. The first kappa shape index (κ1) is 10.3. The van der Waals surface area contributed by atoms with Crippen molar-refractivity contribution < 1.29 is 14.3 Å². The van der Waals surface area contributed by atoms with E-state index >= 15 is 0 Å². The fourth-order valence-corrected chi connectivity index (χ4v) is 0.892. The average molecular weight is 182 g/mol. The van der Waals surface area contributed by atoms with E-state index in [-0.39, 0.29) is 6.61 Å². The lowest BCUT2D eigenvalue weighted by molar-refractivity contribution is 0.255. The highest BCUT2D eigenvalue weighted by atomic mass is 32.5. The van der Waals surface area contributed by atoms with Gasteiger partial charge in [-0.1, -0.05) is 5.57 Å². The summed E-state index contributed by atoms with van der Waals surface area (Å²) in [5.41, 5.74) is 0.934. The van der Waals surface area contributed by atoms with Gasteiger partial charge in [0.25, 0.3) is 0 Å². The van der Waals surface area contributed by atoms with E-state index in [4.69, 9.17) is 9.79 Å². The van der Waals surface area contributed by atoms with Crippen molar-refractivity contribution in [2.75, 3.05) is 6.61 Å². The highest BCUT2D eigenvalue weighted by Crippen LogP contribution is 2.36. The fraction of sp³-hybridized carbons (Fsp3) is 0.600. The van der Waals surface area contributed by atoms with Crippen molar-refractivity contribution in [3.8, 4) is 0 Å². The summed E-state index contributed by atoms with van der Waals surface area (Å²) in [5, 5.41) is 0. The van der Waals surface area contributed by atoms with Crippen LogP contribution in [0.15, 0.2) is 12.2 Å². The highest BCUT2D eigenvalue weighted by molar-refractivity contribution is 8.06. The molecule has 0 aromatic heterocycles. The van der Waals surface area contributed by atoms with Crippen LogP contribution in [0.25, 0.3) is 0 Å². The van der Waals surface area contributed by atoms with Gasteiger partial charge in [-0.15, -0.1) is 6.58 Å². The number of hydrogen-bond acceptors (Lipinski definition) is 2. The van der Waals surface area contributed by atoms with E-state index in [1.54, 1.807) is 0 Å². The van der Waals surface area contributed by atoms with E-state index in [2.05, 4.69) is 22.9 Å². The molecule has 3 nitrogen and oxygen atoms in total. The maximum Gasteiger partial charge on any atom is 0.321 e. The quantitative estimate of drug-likeness (QED) is 0.506. The Bertz CT molecular complexity index is 162. The van der Waals surface area contributed by atoms with Crippen molar-refractivity contribution >= 4 is 18.5 Å². The maximum absolute atomic E-state index is 8.56. The van der Waals surface area contributed by atoms with Crippen molar-refractivity contribution in [2.24, 2.45) is 0 Å². The number of hydrogen-bond donors (Lipinski definition) is 2. The normalized spacial score (nSPS) is 11.5. The summed E-state index contributed by atoms with van der Waals surface area (Å²) in [7, 11) is 0. The van der Waals surface area contributed by atoms with E-state index in [1.165, 1.54) is 0 Å². The Morgan fingerprint density at radius 1 is 1.70 bits per heavy atom. The summed E-state index contributed by atoms with van der Waals surface area (Å²) in [6.07, 6.45) is 0.611. The lowest BCUT2D eigenvalue weighted by Gasteiger charge is -2.06. The molecule has 0 fully saturated rings. The SMILES string of the molecule is C=C(C)CCOP(O)(O)=S. The van der Waals surface area contributed by atoms with E-state index < -0.39 is 6.72 Å². The van der Waals surface area contributed by atoms with E-state index in [0.717, 1.165) is 5.57 Å². The topological polar surface area (TPSA) is 49.7 Å². The van der Waals surface area contributed by atoms with E-state index in [1.807, 2.05) is 6.92 Å². The standard InChI is InChI=1S/C5H11O3PS/c1-5(2)3-4-8-9(6,7)10/h1,3-4H2,2H3,(H2,6,7,10). The molecule has 2 N–H and O–H groups in total. The molecule has 0 saturated heterocycles. The predicted octanol–water partition coefficient (Wildman–Crippen LogP) is 1.18. The van der Waals surface area contributed by atoms with Gasteiger partial charge in [-0.2, -0.15) is 0 Å². The minimum atomic E-state index is -3.43. The summed E-state index contributed by atoms with van der Waals surface area (Å²) in [6, 6.07) is 0. The number of rotatable bonds is 4. The van der Waals surface area contributed by atoms with Crippen LogP contribution in [0.3, 0.4) is 0 Å². The Morgan fingerprint density at radius 3 is 2.50 bits per heavy atom. The van der Waals surface area contributed by atoms with Crippen LogP contribution in [-0.2, 0) is 16.3 Å². The first-order valence-corrected chi connectivity index (χ1v) is 5.39. The monoisotopic (exact) mass is 182 g/mol. The summed E-state index contributed by atoms with van der Waals surface area (Å²) in [4.78, 5) is 17.1. The van der Waals surface area contributed by atoms with Gasteiger partial charge in [0.1, 0.15) is 0 Å². The van der Waals surface area contributed by atoms with Crippen molar-refractivity contribution in [1.82, 2.24) is 0 Å². The average Bonchev–Trinajstić information content (AvgIpc) is 1.59. The van der Waals surface area contributed by atoms with Crippen LogP contribution >= 0.6 is 6.72 Å². The predicted molar refractivity (Wildman–Crippen MR) is 44.1 cm³/mol. The lowest BCUT2D eigenvalue weighted by atomic mass is 10.3. The second kappa shape index (κ2) is 4.21. The largest absolute Gasteiger partial charge is 0.325 e. The van der Waals surface area contributed by atoms with Crippen molar-refractivity contribution in [2.45, 2.75) is 13.3 Å². The minimum Gasteiger partial charge on any atom is -0.325 e. The van der Waals surface area contributed by atoms with Crippen LogP contribution in [0.1, 0.15) is 13.3 Å². The van der Waals surface area contributed by atoms with Crippen LogP contribution in [0.2, 0.25) is 0 Å². The van der Waals surface area contributed by atoms with Crippen molar-refractivity contribution in [3.63, 3.8) is 0 Å². The molecule has 0 saturated carbocycles. The second-order valence-corrected chi connectivity index (χ2v) is 4.70. The summed E-state index contributed by atoms with van der Waals surface area (Å²) in [6.45, 7) is 2.25. The molecule has 0 aromatic rings. The smallest absolute Gasteiger partial charge is 0.321 e. The summed E-state index contributed by atoms with van der Waals surface area (Å²) >= 11 is 4.21. The van der Waals surface area contributed by atoms with Gasteiger partial charge in [0, 0.05) is 0 Å². The summed E-state index contributed by atoms with van der Waals surface area (Å²) < 4.78 is 4.52. The summed E-state index contributed by atoms with van der Waals surface area (Å²) in [5.74, 6) is 0. The van der Waals surface area contributed by atoms with E-state index in [9.17, 15) is 0 Å². The third-order valence-electron chi connectivity index (χ3n) is 0.788. The van der Waals surface area contributed by atoms with Gasteiger partial charge in [0.2, 0.25) is 0 Å². The van der Waals surface area contributed by atoms with Crippen LogP contribution < -0.4 is 0 Å². The molecule has 0 spiro atoms. The van der Waals surface area contributed by atoms with Crippen LogP contribution in [0.5, 0.6) is 0 Å². The van der Waals surface area contributed by atoms with E-state index in [0.29, 0.717) is 6.42 Å². The Labute approximate surface area is 65.6 Å². The van der Waals surface area contributed by atoms with Gasteiger partial charge in [0.15, 0.2) is 0 Å². The first-order chi connectivity index (χ1) is 4.42. The zero-order chi connectivity index (χ0) is 8.20. The molecule has 0 aliphatic rings. The van der Waals surface area contributed by atoms with Gasteiger partial charge in [-0.3, -0.25) is 0 Å². The molecule has 60 valence electrons. The molecule has 0 radical (unpaired) electrons. The van der Waals surface area contributed by atoms with Gasteiger partial charge in [-0.25, -0.2) is 0 Å². The molecule has 0 bridgehead atoms. The minimum absolute atomic E-state index is 0.236. The van der Waals surface area contributed by atoms with Gasteiger partial charge in [-0.05, 0) is 25.2 Å².